The van der Waals surface area contributed by atoms with Crippen LogP contribution in [0.3, 0.4) is 0 Å². The zero-order valence-electron chi connectivity index (χ0n) is 11.0. The van der Waals surface area contributed by atoms with Gasteiger partial charge in [-0.1, -0.05) is 19.0 Å². The van der Waals surface area contributed by atoms with Gasteiger partial charge in [-0.25, -0.2) is 0 Å². The Balaban J connectivity index is 1.72. The number of aromatic nitrogens is 2. The molecule has 3 atom stereocenters. The number of ether oxygens (including phenoxy) is 1. The van der Waals surface area contributed by atoms with E-state index in [1.54, 1.807) is 0 Å². The average molecular weight is 266 g/mol. The molecule has 2 fully saturated rings. The van der Waals surface area contributed by atoms with Crippen LogP contribution in [-0.2, 0) is 16.1 Å². The second-order valence-electron chi connectivity index (χ2n) is 5.81. The first kappa shape index (κ1) is 12.6. The summed E-state index contributed by atoms with van der Waals surface area (Å²) in [6.07, 6.45) is 2.14. The SMILES string of the molecule is CC1(C)C2OCCC2C1(N)C(=O)NCc1ncon1. The summed E-state index contributed by atoms with van der Waals surface area (Å²) in [6, 6.07) is 0. The lowest BCUT2D eigenvalue weighted by Gasteiger charge is -2.60. The summed E-state index contributed by atoms with van der Waals surface area (Å²) >= 11 is 0. The molecule has 2 aliphatic rings. The Morgan fingerprint density at radius 3 is 3.11 bits per heavy atom. The predicted octanol–water partition coefficient (Wildman–Crippen LogP) is -0.172. The highest BCUT2D eigenvalue weighted by Gasteiger charge is 2.71. The Hall–Kier alpha value is -1.47. The molecule has 3 N–H and O–H groups in total. The maximum Gasteiger partial charge on any atom is 0.241 e. The van der Waals surface area contributed by atoms with Crippen molar-refractivity contribution in [2.24, 2.45) is 17.1 Å². The van der Waals surface area contributed by atoms with Crippen molar-refractivity contribution < 1.29 is 14.1 Å². The Morgan fingerprint density at radius 2 is 2.42 bits per heavy atom. The number of carbonyl (C=O) groups is 1. The van der Waals surface area contributed by atoms with Crippen LogP contribution >= 0.6 is 0 Å². The highest BCUT2D eigenvalue weighted by Crippen LogP contribution is 2.58. The monoisotopic (exact) mass is 266 g/mol. The number of nitrogens with one attached hydrogen (secondary N) is 1. The third-order valence-electron chi connectivity index (χ3n) is 4.64. The molecule has 104 valence electrons. The fraction of sp³-hybridized carbons (Fsp3) is 0.750. The highest BCUT2D eigenvalue weighted by atomic mass is 16.5. The summed E-state index contributed by atoms with van der Waals surface area (Å²) < 4.78 is 10.3. The van der Waals surface area contributed by atoms with E-state index in [4.69, 9.17) is 10.5 Å². The Bertz CT molecular complexity index is 487. The largest absolute Gasteiger partial charge is 0.377 e. The van der Waals surface area contributed by atoms with E-state index in [1.165, 1.54) is 6.39 Å². The molecule has 7 heteroatoms. The van der Waals surface area contributed by atoms with Gasteiger partial charge in [-0.05, 0) is 6.42 Å². The predicted molar refractivity (Wildman–Crippen MR) is 64.7 cm³/mol. The van der Waals surface area contributed by atoms with Crippen LogP contribution in [0.15, 0.2) is 10.9 Å². The number of amides is 1. The molecule has 0 radical (unpaired) electrons. The van der Waals surface area contributed by atoms with Gasteiger partial charge in [0.15, 0.2) is 5.82 Å². The van der Waals surface area contributed by atoms with Gasteiger partial charge in [0, 0.05) is 17.9 Å². The molecule has 1 amide bonds. The van der Waals surface area contributed by atoms with E-state index < -0.39 is 5.54 Å². The molecule has 1 aromatic heterocycles. The molecule has 0 bridgehead atoms. The summed E-state index contributed by atoms with van der Waals surface area (Å²) in [4.78, 5) is 16.3. The Morgan fingerprint density at radius 1 is 1.63 bits per heavy atom. The van der Waals surface area contributed by atoms with E-state index in [9.17, 15) is 4.79 Å². The Kier molecular flexibility index (Phi) is 2.65. The lowest BCUT2D eigenvalue weighted by atomic mass is 9.48. The lowest BCUT2D eigenvalue weighted by molar-refractivity contribution is -0.175. The first-order valence-corrected chi connectivity index (χ1v) is 6.42. The van der Waals surface area contributed by atoms with Crippen molar-refractivity contribution in [2.45, 2.75) is 38.5 Å². The molecule has 1 saturated carbocycles. The van der Waals surface area contributed by atoms with Crippen molar-refractivity contribution in [1.82, 2.24) is 15.5 Å². The quantitative estimate of drug-likeness (QED) is 0.787. The summed E-state index contributed by atoms with van der Waals surface area (Å²) in [5.74, 6) is 0.357. The number of hydrogen-bond acceptors (Lipinski definition) is 6. The van der Waals surface area contributed by atoms with Gasteiger partial charge in [-0.2, -0.15) is 4.98 Å². The maximum absolute atomic E-state index is 12.4. The summed E-state index contributed by atoms with van der Waals surface area (Å²) in [5, 5.41) is 6.44. The van der Waals surface area contributed by atoms with Crippen LogP contribution in [-0.4, -0.2) is 34.3 Å². The molecule has 1 aliphatic carbocycles. The van der Waals surface area contributed by atoms with Crippen molar-refractivity contribution in [2.75, 3.05) is 6.61 Å². The summed E-state index contributed by atoms with van der Waals surface area (Å²) in [6.45, 7) is 4.86. The third kappa shape index (κ3) is 1.54. The first-order chi connectivity index (χ1) is 8.98. The van der Waals surface area contributed by atoms with Crippen LogP contribution in [0, 0.1) is 11.3 Å². The van der Waals surface area contributed by atoms with Gasteiger partial charge in [-0.3, -0.25) is 4.79 Å². The highest BCUT2D eigenvalue weighted by molar-refractivity contribution is 5.89. The molecule has 2 heterocycles. The molecule has 0 spiro atoms. The van der Waals surface area contributed by atoms with Crippen LogP contribution in [0.1, 0.15) is 26.1 Å². The van der Waals surface area contributed by atoms with Gasteiger partial charge in [0.25, 0.3) is 0 Å². The van der Waals surface area contributed by atoms with Crippen LogP contribution in [0.2, 0.25) is 0 Å². The number of hydrogen-bond donors (Lipinski definition) is 2. The topological polar surface area (TPSA) is 103 Å². The minimum Gasteiger partial charge on any atom is -0.377 e. The number of rotatable bonds is 3. The van der Waals surface area contributed by atoms with Gasteiger partial charge < -0.3 is 20.3 Å². The van der Waals surface area contributed by atoms with E-state index >= 15 is 0 Å². The number of carbonyl (C=O) groups excluding carboxylic acids is 1. The maximum atomic E-state index is 12.4. The van der Waals surface area contributed by atoms with Crippen LogP contribution in [0.5, 0.6) is 0 Å². The van der Waals surface area contributed by atoms with Crippen LogP contribution in [0.25, 0.3) is 0 Å². The zero-order chi connectivity index (χ0) is 13.7. The van der Waals surface area contributed by atoms with Crippen molar-refractivity contribution >= 4 is 5.91 Å². The van der Waals surface area contributed by atoms with E-state index in [0.29, 0.717) is 12.4 Å². The molecule has 1 saturated heterocycles. The van der Waals surface area contributed by atoms with Gasteiger partial charge in [0.2, 0.25) is 12.3 Å². The second-order valence-corrected chi connectivity index (χ2v) is 5.81. The molecule has 3 rings (SSSR count). The van der Waals surface area contributed by atoms with Gasteiger partial charge in [-0.15, -0.1) is 0 Å². The number of nitrogens with zero attached hydrogens (tertiary/aromatic N) is 2. The lowest BCUT2D eigenvalue weighted by Crippen LogP contribution is -2.80. The molecule has 3 unspecified atom stereocenters. The molecule has 7 nitrogen and oxygen atoms in total. The zero-order valence-corrected chi connectivity index (χ0v) is 11.0. The summed E-state index contributed by atoms with van der Waals surface area (Å²) in [7, 11) is 0. The molecular weight excluding hydrogens is 248 g/mol. The number of nitrogens with two attached hydrogens (primary N) is 1. The van der Waals surface area contributed by atoms with Crippen molar-refractivity contribution in [3.63, 3.8) is 0 Å². The van der Waals surface area contributed by atoms with E-state index in [2.05, 4.69) is 20.0 Å². The number of fused-ring (bicyclic) bond motifs is 1. The van der Waals surface area contributed by atoms with E-state index in [1.807, 2.05) is 13.8 Å². The first-order valence-electron chi connectivity index (χ1n) is 6.42. The summed E-state index contributed by atoms with van der Waals surface area (Å²) in [5.41, 5.74) is 5.14. The van der Waals surface area contributed by atoms with Crippen LogP contribution < -0.4 is 11.1 Å². The van der Waals surface area contributed by atoms with Crippen LogP contribution in [0.4, 0.5) is 0 Å². The van der Waals surface area contributed by atoms with Gasteiger partial charge >= 0.3 is 0 Å². The minimum absolute atomic E-state index is 0.0772. The smallest absolute Gasteiger partial charge is 0.241 e. The van der Waals surface area contributed by atoms with Gasteiger partial charge in [0.1, 0.15) is 5.54 Å². The van der Waals surface area contributed by atoms with E-state index in [0.717, 1.165) is 6.42 Å². The second kappa shape index (κ2) is 4.01. The van der Waals surface area contributed by atoms with Crippen molar-refractivity contribution in [3.05, 3.63) is 12.2 Å². The van der Waals surface area contributed by atoms with Crippen molar-refractivity contribution in [3.8, 4) is 0 Å². The fourth-order valence-corrected chi connectivity index (χ4v) is 3.42. The molecular formula is C12H18N4O3. The Labute approximate surface area is 110 Å². The average Bonchev–Trinajstić information content (AvgIpc) is 3.04. The standard InChI is InChI=1S/C12H18N4O3/c1-11(2)9-7(3-4-18-9)12(11,13)10(17)14-5-8-15-6-19-16-8/h6-7,9H,3-5,13H2,1-2H3,(H,14,17). The fourth-order valence-electron chi connectivity index (χ4n) is 3.42. The normalized spacial score (nSPS) is 35.5. The molecule has 19 heavy (non-hydrogen) atoms. The molecule has 1 aliphatic heterocycles. The van der Waals surface area contributed by atoms with Gasteiger partial charge in [0.05, 0.1) is 12.6 Å². The molecule has 0 aromatic carbocycles. The third-order valence-corrected chi connectivity index (χ3v) is 4.64. The molecule has 1 aromatic rings. The minimum atomic E-state index is -0.891. The van der Waals surface area contributed by atoms with E-state index in [-0.39, 0.29) is 29.9 Å². The van der Waals surface area contributed by atoms with Crippen molar-refractivity contribution in [1.29, 1.82) is 0 Å².